The molecule has 45 heavy (non-hydrogen) atoms. The summed E-state index contributed by atoms with van der Waals surface area (Å²) in [6.45, 7) is 13.8. The van der Waals surface area contributed by atoms with E-state index >= 15 is 0 Å². The molecule has 0 saturated heterocycles. The van der Waals surface area contributed by atoms with Crippen molar-refractivity contribution >= 4 is 57.2 Å². The number of allylic oxidation sites excluding steroid dienone is 2. The van der Waals surface area contributed by atoms with Gasteiger partial charge in [0.05, 0.1) is 41.7 Å². The molecule has 5 heterocycles. The zero-order valence-electron chi connectivity index (χ0n) is 26.4. The minimum Gasteiger partial charge on any atom is -0.481 e. The first-order valence-electron chi connectivity index (χ1n) is 15.0. The number of methoxy groups -OCH3 is 1. The second kappa shape index (κ2) is 12.2. The van der Waals surface area contributed by atoms with Gasteiger partial charge in [-0.05, 0) is 74.1 Å². The van der Waals surface area contributed by atoms with E-state index in [1.807, 2.05) is 45.0 Å². The molecule has 0 fully saturated rings. The maximum Gasteiger partial charge on any atom is 0.338 e. The number of ether oxygens (including phenoxy) is 1. The highest BCUT2D eigenvalue weighted by Gasteiger charge is 2.33. The molecule has 10 nitrogen and oxygen atoms in total. The molecule has 234 valence electrons. The number of hydrogen-bond donors (Lipinski definition) is 4. The molecule has 0 saturated carbocycles. The molecular formula is C35H38N4O6. The van der Waals surface area contributed by atoms with Crippen LogP contribution in [0, 0.1) is 13.8 Å². The SMILES string of the molecule is C=Cc1c(C)c2cc3nc(c(CC(=O)OC)c4[nH]c(cc5nc(cc1[nH]2)C(C)=C5CC)c(C)c4C(=O)O)[C@@H](CCC(=O)O)[C@@H]3C. The molecule has 4 N–H and O–H groups in total. The summed E-state index contributed by atoms with van der Waals surface area (Å²) in [5, 5.41) is 20.0. The average molecular weight is 611 g/mol. The largest absolute Gasteiger partial charge is 0.481 e. The number of aromatic nitrogens is 4. The first-order chi connectivity index (χ1) is 21.4. The number of rotatable bonds is 8. The van der Waals surface area contributed by atoms with E-state index in [2.05, 4.69) is 23.5 Å². The number of aromatic carboxylic acids is 1. The number of carbonyl (C=O) groups is 3. The van der Waals surface area contributed by atoms with Crippen molar-refractivity contribution in [3.8, 4) is 0 Å². The number of nitrogens with zero attached hydrogens (tertiary/aromatic N) is 2. The van der Waals surface area contributed by atoms with Gasteiger partial charge in [0.2, 0.25) is 0 Å². The predicted molar refractivity (Wildman–Crippen MR) is 174 cm³/mol. The van der Waals surface area contributed by atoms with Crippen molar-refractivity contribution in [2.75, 3.05) is 7.11 Å². The highest BCUT2D eigenvalue weighted by Crippen LogP contribution is 2.43. The molecule has 2 atom stereocenters. The molecule has 0 unspecified atom stereocenters. The smallest absolute Gasteiger partial charge is 0.338 e. The Labute approximate surface area is 260 Å². The van der Waals surface area contributed by atoms with E-state index in [0.717, 1.165) is 39.0 Å². The van der Waals surface area contributed by atoms with Crippen LogP contribution < -0.4 is 0 Å². The maximum absolute atomic E-state index is 12.8. The number of fused-ring (bicyclic) bond motifs is 8. The number of aryl methyl sites for hydroxylation is 2. The Bertz CT molecular complexity index is 1960. The van der Waals surface area contributed by atoms with E-state index in [1.165, 1.54) is 7.11 Å². The predicted octanol–water partition coefficient (Wildman–Crippen LogP) is 7.08. The lowest BCUT2D eigenvalue weighted by Gasteiger charge is -2.17. The van der Waals surface area contributed by atoms with Gasteiger partial charge < -0.3 is 24.9 Å². The summed E-state index contributed by atoms with van der Waals surface area (Å²) < 4.78 is 5.04. The van der Waals surface area contributed by atoms with Crippen LogP contribution in [0.25, 0.3) is 39.3 Å². The Morgan fingerprint density at radius 2 is 1.69 bits per heavy atom. The van der Waals surface area contributed by atoms with Crippen LogP contribution in [0.3, 0.4) is 0 Å². The van der Waals surface area contributed by atoms with E-state index in [0.29, 0.717) is 40.1 Å². The third-order valence-electron chi connectivity index (χ3n) is 9.17. The molecule has 3 aromatic heterocycles. The molecule has 0 aromatic carbocycles. The zero-order valence-corrected chi connectivity index (χ0v) is 26.4. The third kappa shape index (κ3) is 5.56. The first kappa shape index (κ1) is 31.4. The summed E-state index contributed by atoms with van der Waals surface area (Å²) in [6, 6.07) is 5.80. The van der Waals surface area contributed by atoms with Crippen molar-refractivity contribution in [3.63, 3.8) is 0 Å². The van der Waals surface area contributed by atoms with Crippen molar-refractivity contribution < 1.29 is 29.3 Å². The molecule has 2 aliphatic heterocycles. The van der Waals surface area contributed by atoms with Crippen LogP contribution in [-0.4, -0.2) is 55.2 Å². The summed E-state index contributed by atoms with van der Waals surface area (Å²) in [7, 11) is 1.27. The fourth-order valence-electron chi connectivity index (χ4n) is 6.59. The van der Waals surface area contributed by atoms with Crippen LogP contribution in [0.15, 0.2) is 24.8 Å². The molecule has 2 aliphatic rings. The van der Waals surface area contributed by atoms with Gasteiger partial charge in [-0.15, -0.1) is 0 Å². The summed E-state index contributed by atoms with van der Waals surface area (Å²) in [4.78, 5) is 54.2. The number of H-pyrrole nitrogens is 2. The van der Waals surface area contributed by atoms with Crippen molar-refractivity contribution in [2.45, 2.75) is 72.1 Å². The Morgan fingerprint density at radius 1 is 1.00 bits per heavy atom. The molecule has 0 amide bonds. The number of nitrogens with one attached hydrogen (secondary N) is 2. The summed E-state index contributed by atoms with van der Waals surface area (Å²) >= 11 is 0. The van der Waals surface area contributed by atoms with Gasteiger partial charge in [-0.3, -0.25) is 14.6 Å². The second-order valence-electron chi connectivity index (χ2n) is 11.7. The normalized spacial score (nSPS) is 16.1. The van der Waals surface area contributed by atoms with Crippen LogP contribution >= 0.6 is 0 Å². The lowest BCUT2D eigenvalue weighted by Crippen LogP contribution is -2.12. The molecule has 8 bridgehead atoms. The number of esters is 1. The Kier molecular flexibility index (Phi) is 8.51. The Morgan fingerprint density at radius 3 is 2.31 bits per heavy atom. The van der Waals surface area contributed by atoms with E-state index < -0.39 is 23.8 Å². The monoisotopic (exact) mass is 610 g/mol. The molecule has 0 spiro atoms. The minimum atomic E-state index is -1.16. The van der Waals surface area contributed by atoms with Crippen molar-refractivity contribution in [1.82, 2.24) is 19.9 Å². The maximum atomic E-state index is 12.8. The number of carboxylic acids is 2. The van der Waals surface area contributed by atoms with E-state index in [-0.39, 0.29) is 36.3 Å². The summed E-state index contributed by atoms with van der Waals surface area (Å²) in [5.41, 5.74) is 9.95. The van der Waals surface area contributed by atoms with Crippen LogP contribution in [0.5, 0.6) is 0 Å². The van der Waals surface area contributed by atoms with Gasteiger partial charge in [0.25, 0.3) is 0 Å². The van der Waals surface area contributed by atoms with Crippen molar-refractivity contribution in [2.24, 2.45) is 0 Å². The van der Waals surface area contributed by atoms with E-state index in [1.54, 1.807) is 6.92 Å². The lowest BCUT2D eigenvalue weighted by atomic mass is 9.85. The molecule has 10 heteroatoms. The summed E-state index contributed by atoms with van der Waals surface area (Å²) in [5.74, 6) is -3.31. The van der Waals surface area contributed by atoms with Crippen molar-refractivity contribution in [1.29, 1.82) is 0 Å². The van der Waals surface area contributed by atoms with E-state index in [9.17, 15) is 24.6 Å². The van der Waals surface area contributed by atoms with Gasteiger partial charge in [0, 0.05) is 51.6 Å². The van der Waals surface area contributed by atoms with Crippen molar-refractivity contribution in [3.05, 3.63) is 75.4 Å². The van der Waals surface area contributed by atoms with Gasteiger partial charge in [0.1, 0.15) is 0 Å². The van der Waals surface area contributed by atoms with Gasteiger partial charge in [-0.25, -0.2) is 9.78 Å². The van der Waals surface area contributed by atoms with Crippen LogP contribution in [0.2, 0.25) is 0 Å². The zero-order chi connectivity index (χ0) is 32.7. The second-order valence-corrected chi connectivity index (χ2v) is 11.7. The number of aliphatic carboxylic acids is 1. The molecule has 5 rings (SSSR count). The van der Waals surface area contributed by atoms with Crippen LogP contribution in [-0.2, 0) is 20.7 Å². The topological polar surface area (TPSA) is 158 Å². The number of aromatic amines is 2. The van der Waals surface area contributed by atoms with Gasteiger partial charge in [-0.2, -0.15) is 0 Å². The number of hydrogen-bond acceptors (Lipinski definition) is 6. The fraction of sp³-hybridized carbons (Fsp3) is 0.343. The molecule has 0 aliphatic carbocycles. The van der Waals surface area contributed by atoms with E-state index in [4.69, 9.17) is 14.7 Å². The quantitative estimate of drug-likeness (QED) is 0.197. The Hall–Kier alpha value is -4.99. The minimum absolute atomic E-state index is 0.0161. The van der Waals surface area contributed by atoms with Crippen LogP contribution in [0.4, 0.5) is 0 Å². The number of carboxylic acid groups (broad SMARTS) is 2. The third-order valence-corrected chi connectivity index (χ3v) is 9.17. The summed E-state index contributed by atoms with van der Waals surface area (Å²) in [6.07, 6.45) is 2.40. The average Bonchev–Trinajstić information content (AvgIpc) is 3.67. The van der Waals surface area contributed by atoms with Crippen LogP contribution in [0.1, 0.15) is 107 Å². The lowest BCUT2D eigenvalue weighted by molar-refractivity contribution is -0.140. The van der Waals surface area contributed by atoms with Gasteiger partial charge in [-0.1, -0.05) is 26.5 Å². The van der Waals surface area contributed by atoms with Gasteiger partial charge in [0.15, 0.2) is 0 Å². The highest BCUT2D eigenvalue weighted by atomic mass is 16.5. The molecule has 0 radical (unpaired) electrons. The number of carbonyl (C=O) groups excluding carboxylic acids is 1. The molecule has 3 aromatic rings. The Balaban J connectivity index is 2.04. The van der Waals surface area contributed by atoms with Gasteiger partial charge >= 0.3 is 17.9 Å². The molecular weight excluding hydrogens is 572 g/mol. The standard InChI is InChI=1S/C35H38N4O6/c1-8-20-16(3)24-13-26-18(5)22(10-11-30(40)41)33(38-26)23(12-31(42)45-7)34-32(35(43)44)19(6)27(39-34)15-29-21(9-2)17(4)25(37-29)14-28(20)36-24/h8,13-15,18,22,36,39H,1,9-12H2,2-7H3,(H,40,41)(H,43,44)/t18-,22-/m0/s1. The first-order valence-corrected chi connectivity index (χ1v) is 15.0. The fourth-order valence-corrected chi connectivity index (χ4v) is 6.59. The highest BCUT2D eigenvalue weighted by molar-refractivity contribution is 6.03.